The molecule has 0 radical (unpaired) electrons. The summed E-state index contributed by atoms with van der Waals surface area (Å²) >= 11 is 0. The molecule has 0 saturated carbocycles. The zero-order valence-corrected chi connectivity index (χ0v) is 22.2. The van der Waals surface area contributed by atoms with Crippen molar-refractivity contribution in [3.05, 3.63) is 70.2 Å². The first-order valence-electron chi connectivity index (χ1n) is 13.3. The molecule has 4 aromatic rings. The number of allylic oxidation sites excluding steroid dienone is 1. The molecule has 0 atom stereocenters. The molecule has 3 aliphatic rings. The first-order valence-corrected chi connectivity index (χ1v) is 13.3. The summed E-state index contributed by atoms with van der Waals surface area (Å²) in [7, 11) is 1.38. The number of methoxy groups -OCH3 is 1. The van der Waals surface area contributed by atoms with Gasteiger partial charge in [-0.15, -0.1) is 0 Å². The van der Waals surface area contributed by atoms with E-state index in [-0.39, 0.29) is 24.2 Å². The fraction of sp³-hybridized carbons (Fsp3) is 0.286. The monoisotopic (exact) mass is 554 g/mol. The fourth-order valence-corrected chi connectivity index (χ4v) is 5.45. The van der Waals surface area contributed by atoms with Crippen LogP contribution in [0.5, 0.6) is 5.75 Å². The van der Waals surface area contributed by atoms with Crippen LogP contribution in [0, 0.1) is 0 Å². The molecule has 0 spiro atoms. The number of fused-ring (bicyclic) bond motifs is 6. The third-order valence-corrected chi connectivity index (χ3v) is 7.50. The van der Waals surface area contributed by atoms with Gasteiger partial charge in [0.25, 0.3) is 11.5 Å². The van der Waals surface area contributed by atoms with Crippen molar-refractivity contribution >= 4 is 40.5 Å². The Labute approximate surface area is 233 Å². The van der Waals surface area contributed by atoms with E-state index in [1.165, 1.54) is 18.9 Å². The molecule has 2 amide bonds. The van der Waals surface area contributed by atoms with Crippen LogP contribution in [0.3, 0.4) is 0 Å². The number of rotatable bonds is 2. The fourth-order valence-electron chi connectivity index (χ4n) is 5.45. The van der Waals surface area contributed by atoms with Crippen LogP contribution in [-0.2, 0) is 29.0 Å². The van der Waals surface area contributed by atoms with Crippen LogP contribution in [-0.4, -0.2) is 68.0 Å². The van der Waals surface area contributed by atoms with Crippen LogP contribution >= 0.6 is 0 Å². The van der Waals surface area contributed by atoms with Gasteiger partial charge in [-0.3, -0.25) is 14.5 Å². The second-order valence-corrected chi connectivity index (χ2v) is 9.97. The topological polar surface area (TPSA) is 137 Å². The highest BCUT2D eigenvalue weighted by Gasteiger charge is 2.28. The molecule has 1 aromatic carbocycles. The minimum atomic E-state index is -0.356. The number of nitrogens with one attached hydrogen (secondary N) is 1. The predicted octanol–water partition coefficient (Wildman–Crippen LogP) is 2.53. The summed E-state index contributed by atoms with van der Waals surface area (Å²) in [5.74, 6) is 1.48. The molecule has 6 heterocycles. The highest BCUT2D eigenvalue weighted by atomic mass is 16.5. The quantitative estimate of drug-likeness (QED) is 0.371. The molecule has 0 aliphatic carbocycles. The van der Waals surface area contributed by atoms with Gasteiger partial charge in [-0.1, -0.05) is 18.2 Å². The molecule has 13 heteroatoms. The molecule has 1 N–H and O–H groups in total. The summed E-state index contributed by atoms with van der Waals surface area (Å²) in [4.78, 5) is 55.3. The first kappa shape index (κ1) is 24.8. The number of hydrogen-bond acceptors (Lipinski definition) is 9. The maximum absolute atomic E-state index is 13.5. The van der Waals surface area contributed by atoms with Crippen LogP contribution in [0.4, 0.5) is 22.2 Å². The van der Waals surface area contributed by atoms with E-state index in [1.807, 2.05) is 30.4 Å². The van der Waals surface area contributed by atoms with E-state index in [4.69, 9.17) is 19.4 Å². The minimum absolute atomic E-state index is 0.0411. The van der Waals surface area contributed by atoms with E-state index in [0.29, 0.717) is 67.0 Å². The number of ether oxygens (including phenoxy) is 2. The van der Waals surface area contributed by atoms with E-state index < -0.39 is 0 Å². The van der Waals surface area contributed by atoms with Gasteiger partial charge >= 0.3 is 6.09 Å². The molecular weight excluding hydrogens is 528 g/mol. The van der Waals surface area contributed by atoms with E-state index in [9.17, 15) is 14.4 Å². The average molecular weight is 555 g/mol. The van der Waals surface area contributed by atoms with Crippen molar-refractivity contribution in [2.24, 2.45) is 0 Å². The van der Waals surface area contributed by atoms with Crippen LogP contribution in [0.1, 0.15) is 17.5 Å². The number of hydrogen-bond donors (Lipinski definition) is 1. The smallest absolute Gasteiger partial charge is 0.409 e. The van der Waals surface area contributed by atoms with Gasteiger partial charge in [0.15, 0.2) is 29.6 Å². The van der Waals surface area contributed by atoms with Crippen molar-refractivity contribution in [3.8, 4) is 11.6 Å². The van der Waals surface area contributed by atoms with Crippen molar-refractivity contribution in [1.82, 2.24) is 29.2 Å². The Morgan fingerprint density at radius 2 is 1.98 bits per heavy atom. The molecule has 7 rings (SSSR count). The molecule has 41 heavy (non-hydrogen) atoms. The van der Waals surface area contributed by atoms with E-state index in [1.54, 1.807) is 31.3 Å². The Morgan fingerprint density at radius 3 is 2.85 bits per heavy atom. The number of anilines is 3. The molecule has 2 bridgehead atoms. The summed E-state index contributed by atoms with van der Waals surface area (Å²) in [6.45, 7) is 1.76. The molecule has 0 unspecified atom stereocenters. The maximum atomic E-state index is 13.5. The van der Waals surface area contributed by atoms with Crippen LogP contribution < -0.4 is 20.5 Å². The van der Waals surface area contributed by atoms with E-state index >= 15 is 0 Å². The Morgan fingerprint density at radius 1 is 1.07 bits per heavy atom. The second-order valence-electron chi connectivity index (χ2n) is 9.97. The molecule has 0 saturated heterocycles. The summed E-state index contributed by atoms with van der Waals surface area (Å²) in [5, 5.41) is 3.58. The number of nitrogens with zero attached hydrogens (tertiary/aromatic N) is 7. The zero-order chi connectivity index (χ0) is 28.1. The minimum Gasteiger partial charge on any atom is -0.480 e. The second kappa shape index (κ2) is 9.77. The van der Waals surface area contributed by atoms with E-state index in [2.05, 4.69) is 10.3 Å². The maximum Gasteiger partial charge on any atom is 0.409 e. The number of benzene rings is 1. The number of pyridine rings is 1. The van der Waals surface area contributed by atoms with Gasteiger partial charge in [0.05, 0.1) is 13.7 Å². The van der Waals surface area contributed by atoms with Crippen molar-refractivity contribution in [3.63, 3.8) is 0 Å². The van der Waals surface area contributed by atoms with Gasteiger partial charge in [0, 0.05) is 31.5 Å². The SMILES string of the molecule is COC(=O)N1CCc2ccc(Nc3ncc4c(=O)n5n(c4n3)-c3ccc4c(n3)N(CC/C=C/C5)C(=O)CO4)cc2C1. The molecule has 3 aromatic heterocycles. The van der Waals surface area contributed by atoms with Crippen LogP contribution in [0.25, 0.3) is 16.9 Å². The summed E-state index contributed by atoms with van der Waals surface area (Å²) in [6.07, 6.45) is 6.34. The van der Waals surface area contributed by atoms with Crippen molar-refractivity contribution in [2.75, 3.05) is 37.0 Å². The first-order chi connectivity index (χ1) is 20.0. The lowest BCUT2D eigenvalue weighted by atomic mass is 9.99. The third kappa shape index (κ3) is 4.26. The van der Waals surface area contributed by atoms with Crippen LogP contribution in [0.15, 0.2) is 53.5 Å². The van der Waals surface area contributed by atoms with Gasteiger partial charge in [-0.2, -0.15) is 4.98 Å². The van der Waals surface area contributed by atoms with Crippen molar-refractivity contribution in [2.45, 2.75) is 25.9 Å². The van der Waals surface area contributed by atoms with E-state index in [0.717, 1.165) is 17.7 Å². The molecule has 13 nitrogen and oxygen atoms in total. The summed E-state index contributed by atoms with van der Waals surface area (Å²) in [5.41, 5.74) is 3.04. The molecule has 208 valence electrons. The molecule has 0 fully saturated rings. The van der Waals surface area contributed by atoms with Gasteiger partial charge in [-0.25, -0.2) is 24.1 Å². The Bertz CT molecular complexity index is 1810. The lowest BCUT2D eigenvalue weighted by molar-refractivity contribution is -0.121. The van der Waals surface area contributed by atoms with Crippen molar-refractivity contribution < 1.29 is 19.1 Å². The number of carbonyl (C=O) groups excluding carboxylic acids is 2. The van der Waals surface area contributed by atoms with Crippen molar-refractivity contribution in [1.29, 1.82) is 0 Å². The lowest BCUT2D eigenvalue weighted by Crippen LogP contribution is -2.40. The zero-order valence-electron chi connectivity index (χ0n) is 22.2. The van der Waals surface area contributed by atoms with Gasteiger partial charge < -0.3 is 19.7 Å². The normalized spacial score (nSPS) is 16.8. The summed E-state index contributed by atoms with van der Waals surface area (Å²) in [6, 6.07) is 9.43. The van der Waals surface area contributed by atoms with Crippen LogP contribution in [0.2, 0.25) is 0 Å². The Hall–Kier alpha value is -5.20. The number of aromatic nitrogens is 5. The number of carbonyl (C=O) groups is 2. The molecular formula is C28H26N8O5. The van der Waals surface area contributed by atoms with Gasteiger partial charge in [0.1, 0.15) is 5.39 Å². The third-order valence-electron chi connectivity index (χ3n) is 7.50. The predicted molar refractivity (Wildman–Crippen MR) is 149 cm³/mol. The Balaban J connectivity index is 1.30. The summed E-state index contributed by atoms with van der Waals surface area (Å²) < 4.78 is 13.7. The average Bonchev–Trinajstić information content (AvgIpc) is 3.25. The largest absolute Gasteiger partial charge is 0.480 e. The Kier molecular flexibility index (Phi) is 5.91. The highest BCUT2D eigenvalue weighted by Crippen LogP contribution is 2.32. The molecule has 3 aliphatic heterocycles. The highest BCUT2D eigenvalue weighted by molar-refractivity contribution is 5.96. The standard InChI is InChI=1S/C28H26N8O5/c1-40-28(39)33-12-9-17-5-6-19(13-18(17)15-33)30-27-29-14-20-24(32-27)36-22-8-7-21-25(31-22)34(23(37)16-41-21)10-3-2-4-11-35(36)26(20)38/h2,4-8,13-14H,3,9-12,15-16H2,1H3,(H,29,30,32)/b4-2+. The van der Waals surface area contributed by atoms with Gasteiger partial charge in [-0.05, 0) is 48.2 Å². The number of amides is 2. The van der Waals surface area contributed by atoms with Gasteiger partial charge in [0.2, 0.25) is 5.95 Å². The lowest BCUT2D eigenvalue weighted by Gasteiger charge is -2.28.